The van der Waals surface area contributed by atoms with Gasteiger partial charge in [0.2, 0.25) is 0 Å². The maximum Gasteiger partial charge on any atom is 0.406 e. The van der Waals surface area contributed by atoms with E-state index >= 15 is 0 Å². The third-order valence-corrected chi connectivity index (χ3v) is 3.98. The molecule has 0 fully saturated rings. The molecule has 0 unspecified atom stereocenters. The zero-order valence-corrected chi connectivity index (χ0v) is 12.4. The van der Waals surface area contributed by atoms with Crippen LogP contribution in [0, 0.1) is 6.92 Å². The second-order valence-electron chi connectivity index (χ2n) is 5.56. The summed E-state index contributed by atoms with van der Waals surface area (Å²) in [5.74, 6) is 0. The van der Waals surface area contributed by atoms with Crippen LogP contribution in [0.4, 0.5) is 26.3 Å². The van der Waals surface area contributed by atoms with Crippen LogP contribution in [0.3, 0.4) is 0 Å². The smallest absolute Gasteiger partial charge is 0.170 e. The SMILES string of the molecule is Cc1ccc(-c2ccc(C(C)(C(F)(F)F)C(F)(F)F)cc2)cc1. The molecule has 0 bridgehead atoms. The molecule has 2 aromatic carbocycles. The average Bonchev–Trinajstić information content (AvgIpc) is 2.45. The minimum absolute atomic E-state index is 0.161. The average molecular weight is 332 g/mol. The van der Waals surface area contributed by atoms with Crippen LogP contribution in [0.2, 0.25) is 0 Å². The Morgan fingerprint density at radius 3 is 1.30 bits per heavy atom. The van der Waals surface area contributed by atoms with Gasteiger partial charge in [0.05, 0.1) is 0 Å². The molecule has 0 saturated carbocycles. The van der Waals surface area contributed by atoms with Crippen LogP contribution in [0.5, 0.6) is 0 Å². The van der Waals surface area contributed by atoms with E-state index in [0.29, 0.717) is 5.56 Å². The monoisotopic (exact) mass is 332 g/mol. The topological polar surface area (TPSA) is 0 Å². The molecule has 6 heteroatoms. The van der Waals surface area contributed by atoms with E-state index in [9.17, 15) is 26.3 Å². The summed E-state index contributed by atoms with van der Waals surface area (Å²) >= 11 is 0. The number of alkyl halides is 6. The fraction of sp³-hybridized carbons (Fsp3) is 0.294. The van der Waals surface area contributed by atoms with Crippen molar-refractivity contribution in [2.24, 2.45) is 0 Å². The first-order valence-corrected chi connectivity index (χ1v) is 6.78. The lowest BCUT2D eigenvalue weighted by Gasteiger charge is -2.34. The third-order valence-electron chi connectivity index (χ3n) is 3.98. The molecule has 0 aliphatic rings. The summed E-state index contributed by atoms with van der Waals surface area (Å²) in [4.78, 5) is 0. The summed E-state index contributed by atoms with van der Waals surface area (Å²) < 4.78 is 78.2. The molecule has 0 amide bonds. The minimum atomic E-state index is -5.43. The molecular formula is C17H14F6. The highest BCUT2D eigenvalue weighted by atomic mass is 19.4. The van der Waals surface area contributed by atoms with E-state index in [0.717, 1.165) is 23.3 Å². The molecule has 0 aromatic heterocycles. The van der Waals surface area contributed by atoms with E-state index in [4.69, 9.17) is 0 Å². The lowest BCUT2D eigenvalue weighted by Crippen LogP contribution is -2.51. The van der Waals surface area contributed by atoms with Gasteiger partial charge in [-0.2, -0.15) is 26.3 Å². The van der Waals surface area contributed by atoms with Crippen molar-refractivity contribution >= 4 is 0 Å². The number of rotatable bonds is 2. The molecule has 23 heavy (non-hydrogen) atoms. The number of hydrogen-bond acceptors (Lipinski definition) is 0. The lowest BCUT2D eigenvalue weighted by molar-refractivity contribution is -0.297. The van der Waals surface area contributed by atoms with Crippen LogP contribution in [0.1, 0.15) is 18.1 Å². The maximum atomic E-state index is 13.0. The zero-order chi connectivity index (χ0) is 17.5. The molecule has 2 rings (SSSR count). The Bertz CT molecular complexity index is 648. The van der Waals surface area contributed by atoms with Crippen LogP contribution in [0.15, 0.2) is 48.5 Å². The number of benzene rings is 2. The molecule has 0 saturated heterocycles. The predicted octanol–water partition coefficient (Wildman–Crippen LogP) is 6.04. The first-order chi connectivity index (χ1) is 10.5. The van der Waals surface area contributed by atoms with Crippen LogP contribution in [-0.4, -0.2) is 12.4 Å². The second kappa shape index (κ2) is 5.58. The zero-order valence-electron chi connectivity index (χ0n) is 12.4. The first-order valence-electron chi connectivity index (χ1n) is 6.78. The van der Waals surface area contributed by atoms with Gasteiger partial charge in [-0.05, 0) is 30.5 Å². The van der Waals surface area contributed by atoms with Crippen molar-refractivity contribution in [3.05, 3.63) is 59.7 Å². The fourth-order valence-corrected chi connectivity index (χ4v) is 2.23. The van der Waals surface area contributed by atoms with Crippen LogP contribution >= 0.6 is 0 Å². The molecule has 2 aromatic rings. The normalized spacial score (nSPS) is 13.2. The first kappa shape index (κ1) is 17.4. The minimum Gasteiger partial charge on any atom is -0.170 e. The summed E-state index contributed by atoms with van der Waals surface area (Å²) in [6.45, 7) is 2.04. The molecule has 0 aliphatic heterocycles. The fourth-order valence-electron chi connectivity index (χ4n) is 2.23. The molecule has 0 radical (unpaired) electrons. The number of halogens is 6. The van der Waals surface area contributed by atoms with Crippen molar-refractivity contribution in [2.75, 3.05) is 0 Å². The molecule has 0 heterocycles. The molecule has 0 nitrogen and oxygen atoms in total. The van der Waals surface area contributed by atoms with E-state index in [2.05, 4.69) is 0 Å². The van der Waals surface area contributed by atoms with Gasteiger partial charge >= 0.3 is 12.4 Å². The molecule has 0 aliphatic carbocycles. The molecule has 0 atom stereocenters. The van der Waals surface area contributed by atoms with Crippen molar-refractivity contribution in [3.8, 4) is 11.1 Å². The van der Waals surface area contributed by atoms with Gasteiger partial charge in [0.15, 0.2) is 5.41 Å². The molecule has 124 valence electrons. The van der Waals surface area contributed by atoms with Gasteiger partial charge in [-0.3, -0.25) is 0 Å². The van der Waals surface area contributed by atoms with Gasteiger partial charge in [0.25, 0.3) is 0 Å². The van der Waals surface area contributed by atoms with Gasteiger partial charge in [0.1, 0.15) is 0 Å². The van der Waals surface area contributed by atoms with Gasteiger partial charge in [-0.25, -0.2) is 0 Å². The van der Waals surface area contributed by atoms with Crippen LogP contribution in [-0.2, 0) is 5.41 Å². The predicted molar refractivity (Wildman–Crippen MR) is 76.1 cm³/mol. The van der Waals surface area contributed by atoms with E-state index in [1.807, 2.05) is 19.1 Å². The Kier molecular flexibility index (Phi) is 4.22. The maximum absolute atomic E-state index is 13.0. The van der Waals surface area contributed by atoms with E-state index in [1.54, 1.807) is 12.1 Å². The molecule has 0 N–H and O–H groups in total. The van der Waals surface area contributed by atoms with Crippen LogP contribution in [0.25, 0.3) is 11.1 Å². The highest BCUT2D eigenvalue weighted by molar-refractivity contribution is 5.64. The summed E-state index contributed by atoms with van der Waals surface area (Å²) in [5.41, 5.74) is -2.44. The standard InChI is InChI=1S/C17H14F6/c1-11-3-5-12(6-4-11)13-7-9-14(10-8-13)15(2,16(18,19)20)17(21,22)23/h3-10H,1-2H3. The summed E-state index contributed by atoms with van der Waals surface area (Å²) in [7, 11) is 0. The Hall–Kier alpha value is -1.98. The summed E-state index contributed by atoms with van der Waals surface area (Å²) in [6.07, 6.45) is -10.9. The largest absolute Gasteiger partial charge is 0.406 e. The highest BCUT2D eigenvalue weighted by Crippen LogP contribution is 2.51. The Morgan fingerprint density at radius 1 is 0.609 bits per heavy atom. The van der Waals surface area contributed by atoms with Gasteiger partial charge < -0.3 is 0 Å². The van der Waals surface area contributed by atoms with Crippen molar-refractivity contribution in [3.63, 3.8) is 0 Å². The lowest BCUT2D eigenvalue weighted by atomic mass is 9.80. The Morgan fingerprint density at radius 2 is 0.957 bits per heavy atom. The summed E-state index contributed by atoms with van der Waals surface area (Å²) in [6, 6.07) is 11.5. The second-order valence-corrected chi connectivity index (χ2v) is 5.56. The van der Waals surface area contributed by atoms with Crippen molar-refractivity contribution in [1.82, 2.24) is 0 Å². The number of aryl methyl sites for hydroxylation is 1. The summed E-state index contributed by atoms with van der Waals surface area (Å²) in [5, 5.41) is 0. The van der Waals surface area contributed by atoms with Crippen molar-refractivity contribution in [2.45, 2.75) is 31.6 Å². The van der Waals surface area contributed by atoms with E-state index in [-0.39, 0.29) is 6.92 Å². The third kappa shape index (κ3) is 3.07. The van der Waals surface area contributed by atoms with Gasteiger partial charge in [0, 0.05) is 0 Å². The van der Waals surface area contributed by atoms with Crippen molar-refractivity contribution in [1.29, 1.82) is 0 Å². The Balaban J connectivity index is 2.47. The van der Waals surface area contributed by atoms with E-state index in [1.165, 1.54) is 12.1 Å². The quantitative estimate of drug-likeness (QED) is 0.588. The van der Waals surface area contributed by atoms with E-state index < -0.39 is 23.3 Å². The van der Waals surface area contributed by atoms with Gasteiger partial charge in [-0.15, -0.1) is 0 Å². The molecule has 0 spiro atoms. The van der Waals surface area contributed by atoms with Gasteiger partial charge in [-0.1, -0.05) is 54.1 Å². The molecular weight excluding hydrogens is 318 g/mol. The number of hydrogen-bond donors (Lipinski definition) is 0. The van der Waals surface area contributed by atoms with Crippen molar-refractivity contribution < 1.29 is 26.3 Å². The highest BCUT2D eigenvalue weighted by Gasteiger charge is 2.68. The Labute approximate surface area is 129 Å². The van der Waals surface area contributed by atoms with Crippen LogP contribution < -0.4 is 0 Å².